The van der Waals surface area contributed by atoms with Gasteiger partial charge in [-0.05, 0) is 37.7 Å². The van der Waals surface area contributed by atoms with E-state index in [0.717, 1.165) is 62.4 Å². The molecule has 2 aromatic rings. The topological polar surface area (TPSA) is 63.9 Å². The van der Waals surface area contributed by atoms with Crippen molar-refractivity contribution in [3.8, 4) is 11.4 Å². The molecule has 6 heteroatoms. The van der Waals surface area contributed by atoms with Crippen molar-refractivity contribution in [1.29, 1.82) is 0 Å². The number of likely N-dealkylation sites (tertiary alicyclic amines) is 1. The van der Waals surface area contributed by atoms with E-state index in [1.807, 2.05) is 55.0 Å². The third-order valence-corrected chi connectivity index (χ3v) is 5.04. The van der Waals surface area contributed by atoms with Crippen LogP contribution in [0.2, 0.25) is 0 Å². The van der Waals surface area contributed by atoms with E-state index in [-0.39, 0.29) is 11.3 Å². The van der Waals surface area contributed by atoms with Crippen LogP contribution in [0, 0.1) is 11.3 Å². The zero-order valence-electron chi connectivity index (χ0n) is 17.0. The van der Waals surface area contributed by atoms with Gasteiger partial charge in [0, 0.05) is 37.4 Å². The van der Waals surface area contributed by atoms with Gasteiger partial charge < -0.3 is 4.90 Å². The third-order valence-electron chi connectivity index (χ3n) is 5.04. The Hall–Kier alpha value is -2.24. The summed E-state index contributed by atoms with van der Waals surface area (Å²) < 4.78 is 1.98. The predicted molar refractivity (Wildman–Crippen MR) is 106 cm³/mol. The highest BCUT2D eigenvalue weighted by molar-refractivity contribution is 5.81. The average molecular weight is 370 g/mol. The Bertz CT molecular complexity index is 777. The molecule has 1 aliphatic rings. The van der Waals surface area contributed by atoms with E-state index in [1.54, 1.807) is 0 Å². The summed E-state index contributed by atoms with van der Waals surface area (Å²) >= 11 is 0. The molecule has 1 aliphatic heterocycles. The second-order valence-electron chi connectivity index (χ2n) is 8.55. The summed E-state index contributed by atoms with van der Waals surface area (Å²) in [4.78, 5) is 23.9. The first-order chi connectivity index (χ1) is 12.9. The molecule has 0 aliphatic carbocycles. The number of hydrogen-bond acceptors (Lipinski definition) is 4. The summed E-state index contributed by atoms with van der Waals surface area (Å²) in [6, 6.07) is 1.99. The fourth-order valence-electron chi connectivity index (χ4n) is 3.75. The van der Waals surface area contributed by atoms with Crippen molar-refractivity contribution < 1.29 is 4.79 Å². The summed E-state index contributed by atoms with van der Waals surface area (Å²) in [5.41, 5.74) is 2.56. The molecule has 1 amide bonds. The van der Waals surface area contributed by atoms with Gasteiger partial charge in [0.25, 0.3) is 0 Å². The molecule has 3 heterocycles. The molecule has 0 N–H and O–H groups in total. The van der Waals surface area contributed by atoms with Crippen LogP contribution in [0.1, 0.15) is 52.7 Å². The quantitative estimate of drug-likeness (QED) is 0.808. The molecule has 0 saturated carbocycles. The van der Waals surface area contributed by atoms with Gasteiger partial charge in [-0.2, -0.15) is 5.10 Å². The van der Waals surface area contributed by atoms with Gasteiger partial charge in [0.15, 0.2) is 0 Å². The number of carbonyl (C=O) groups excluding carboxylic acids is 1. The molecule has 1 unspecified atom stereocenters. The van der Waals surface area contributed by atoms with Crippen LogP contribution < -0.4 is 0 Å². The Kier molecular flexibility index (Phi) is 5.92. The van der Waals surface area contributed by atoms with E-state index in [9.17, 15) is 4.79 Å². The van der Waals surface area contributed by atoms with Crippen molar-refractivity contribution in [2.45, 2.75) is 59.9 Å². The first kappa shape index (κ1) is 19.5. The summed E-state index contributed by atoms with van der Waals surface area (Å²) in [6.45, 7) is 10.7. The van der Waals surface area contributed by atoms with E-state index in [0.29, 0.717) is 5.92 Å². The summed E-state index contributed by atoms with van der Waals surface area (Å²) in [6.07, 6.45) is 9.56. The zero-order valence-corrected chi connectivity index (χ0v) is 17.0. The maximum absolute atomic E-state index is 12.6. The minimum Gasteiger partial charge on any atom is -0.342 e. The highest BCUT2D eigenvalue weighted by Gasteiger charge is 2.31. The number of carbonyl (C=O) groups is 1. The minimum atomic E-state index is -0.320. The molecule has 1 fully saturated rings. The number of nitrogens with zero attached hydrogens (tertiary/aromatic N) is 5. The maximum Gasteiger partial charge on any atom is 0.227 e. The molecule has 146 valence electrons. The number of piperidine rings is 1. The van der Waals surface area contributed by atoms with Crippen LogP contribution in [0.3, 0.4) is 0 Å². The zero-order chi connectivity index (χ0) is 19.4. The van der Waals surface area contributed by atoms with Gasteiger partial charge in [0.2, 0.25) is 5.91 Å². The van der Waals surface area contributed by atoms with Gasteiger partial charge in [-0.15, -0.1) is 0 Å². The van der Waals surface area contributed by atoms with Gasteiger partial charge in [-0.1, -0.05) is 27.7 Å². The van der Waals surface area contributed by atoms with Gasteiger partial charge in [-0.25, -0.2) is 4.98 Å². The van der Waals surface area contributed by atoms with Crippen molar-refractivity contribution in [1.82, 2.24) is 24.6 Å². The molecule has 0 bridgehead atoms. The number of amides is 1. The van der Waals surface area contributed by atoms with E-state index < -0.39 is 0 Å². The van der Waals surface area contributed by atoms with Crippen LogP contribution in [0.5, 0.6) is 0 Å². The first-order valence-corrected chi connectivity index (χ1v) is 10.0. The summed E-state index contributed by atoms with van der Waals surface area (Å²) in [7, 11) is 0. The van der Waals surface area contributed by atoms with Crippen LogP contribution in [0.4, 0.5) is 0 Å². The molecule has 0 spiro atoms. The Morgan fingerprint density at radius 3 is 2.85 bits per heavy atom. The molecule has 0 radical (unpaired) electrons. The van der Waals surface area contributed by atoms with Crippen molar-refractivity contribution in [2.75, 3.05) is 13.1 Å². The Morgan fingerprint density at radius 2 is 2.11 bits per heavy atom. The second kappa shape index (κ2) is 8.19. The molecule has 6 nitrogen and oxygen atoms in total. The van der Waals surface area contributed by atoms with E-state index in [2.05, 4.69) is 17.0 Å². The summed E-state index contributed by atoms with van der Waals surface area (Å²) in [5.74, 6) is 0.686. The molecule has 2 aromatic heterocycles. The fourth-order valence-corrected chi connectivity index (χ4v) is 3.75. The van der Waals surface area contributed by atoms with Crippen molar-refractivity contribution in [3.63, 3.8) is 0 Å². The fraction of sp³-hybridized carbons (Fsp3) is 0.619. The van der Waals surface area contributed by atoms with Crippen molar-refractivity contribution in [3.05, 3.63) is 30.4 Å². The number of hydrogen-bond donors (Lipinski definition) is 0. The highest BCUT2D eigenvalue weighted by atomic mass is 16.2. The molecular formula is C21H31N5O. The third kappa shape index (κ3) is 4.73. The highest BCUT2D eigenvalue weighted by Crippen LogP contribution is 2.25. The van der Waals surface area contributed by atoms with Crippen LogP contribution in [0.15, 0.2) is 24.7 Å². The molecule has 1 saturated heterocycles. The van der Waals surface area contributed by atoms with E-state index in [4.69, 9.17) is 4.98 Å². The average Bonchev–Trinajstić information content (AvgIpc) is 3.09. The summed E-state index contributed by atoms with van der Waals surface area (Å²) in [5, 5.41) is 4.38. The lowest BCUT2D eigenvalue weighted by Gasteiger charge is -2.36. The first-order valence-electron chi connectivity index (χ1n) is 10.0. The Labute approximate surface area is 162 Å². The Morgan fingerprint density at radius 1 is 1.30 bits per heavy atom. The van der Waals surface area contributed by atoms with E-state index >= 15 is 0 Å². The molecule has 1 atom stereocenters. The lowest BCUT2D eigenvalue weighted by molar-refractivity contribution is -0.141. The normalized spacial score (nSPS) is 17.9. The van der Waals surface area contributed by atoms with Crippen molar-refractivity contribution in [2.24, 2.45) is 11.3 Å². The molecule has 0 aromatic carbocycles. The smallest absolute Gasteiger partial charge is 0.227 e. The maximum atomic E-state index is 12.6. The monoisotopic (exact) mass is 369 g/mol. The molecule has 27 heavy (non-hydrogen) atoms. The number of aryl methyl sites for hydroxylation is 1. The van der Waals surface area contributed by atoms with Crippen molar-refractivity contribution >= 4 is 5.91 Å². The van der Waals surface area contributed by atoms with Crippen LogP contribution >= 0.6 is 0 Å². The molecule has 3 rings (SSSR count). The van der Waals surface area contributed by atoms with Gasteiger partial charge in [0.1, 0.15) is 5.69 Å². The van der Waals surface area contributed by atoms with Gasteiger partial charge in [-0.3, -0.25) is 14.5 Å². The van der Waals surface area contributed by atoms with Gasteiger partial charge in [0.05, 0.1) is 17.6 Å². The number of aromatic nitrogens is 4. The lowest BCUT2D eigenvalue weighted by atomic mass is 9.89. The SMILES string of the molecule is CCCn1nccc1-c1cncc(CC2CCCN(C(=O)C(C)(C)C)C2)n1. The van der Waals surface area contributed by atoms with E-state index in [1.165, 1.54) is 0 Å². The van der Waals surface area contributed by atoms with Crippen LogP contribution in [-0.2, 0) is 17.8 Å². The van der Waals surface area contributed by atoms with Gasteiger partial charge >= 0.3 is 0 Å². The number of rotatable bonds is 5. The predicted octanol–water partition coefficient (Wildman–Crippen LogP) is 3.58. The standard InChI is InChI=1S/C21H31N5O/c1-5-10-26-19(8-9-23-26)18-14-22-13-17(24-18)12-16-7-6-11-25(15-16)20(27)21(2,3)4/h8-9,13-14,16H,5-7,10-12,15H2,1-4H3. The Balaban J connectivity index is 1.71. The molecular weight excluding hydrogens is 338 g/mol. The van der Waals surface area contributed by atoms with Crippen LogP contribution in [0.25, 0.3) is 11.4 Å². The minimum absolute atomic E-state index is 0.246. The second-order valence-corrected chi connectivity index (χ2v) is 8.55. The lowest BCUT2D eigenvalue weighted by Crippen LogP contribution is -2.45. The largest absolute Gasteiger partial charge is 0.342 e. The van der Waals surface area contributed by atoms with Crippen LogP contribution in [-0.4, -0.2) is 43.6 Å².